The summed E-state index contributed by atoms with van der Waals surface area (Å²) in [5, 5.41) is 11.8. The second kappa shape index (κ2) is 8.72. The van der Waals surface area contributed by atoms with Crippen LogP contribution in [-0.2, 0) is 14.4 Å². The zero-order valence-electron chi connectivity index (χ0n) is 13.1. The van der Waals surface area contributed by atoms with E-state index in [0.717, 1.165) is 0 Å². The Kier molecular flexibility index (Phi) is 8.11. The van der Waals surface area contributed by atoms with Crippen molar-refractivity contribution in [2.45, 2.75) is 59.9 Å². The van der Waals surface area contributed by atoms with E-state index in [4.69, 9.17) is 5.11 Å². The number of Topliss-reactive ketones (excluding diaryl/α,β-unsaturated/α-hetero) is 1. The van der Waals surface area contributed by atoms with E-state index in [1.165, 1.54) is 0 Å². The summed E-state index contributed by atoms with van der Waals surface area (Å²) in [7, 11) is 0. The Hall–Kier alpha value is -1.39. The lowest BCUT2D eigenvalue weighted by Crippen LogP contribution is -2.43. The SMILES string of the molecule is CCC(NC(=O)CC(CC(C)C)C(=O)O)C(=O)C(C)C. The highest BCUT2D eigenvalue weighted by molar-refractivity contribution is 5.91. The third-order valence-electron chi connectivity index (χ3n) is 3.19. The molecule has 0 aliphatic rings. The number of hydrogen-bond donors (Lipinski definition) is 2. The molecular formula is C15H27NO4. The van der Waals surface area contributed by atoms with Crippen molar-refractivity contribution >= 4 is 17.7 Å². The van der Waals surface area contributed by atoms with Gasteiger partial charge >= 0.3 is 5.97 Å². The van der Waals surface area contributed by atoms with Gasteiger partial charge < -0.3 is 10.4 Å². The molecule has 0 saturated carbocycles. The number of aliphatic carboxylic acids is 1. The Bertz CT molecular complexity index is 344. The van der Waals surface area contributed by atoms with Gasteiger partial charge in [-0.3, -0.25) is 14.4 Å². The number of carbonyl (C=O) groups is 3. The number of carbonyl (C=O) groups excluding carboxylic acids is 2. The number of carboxylic acid groups (broad SMARTS) is 1. The molecule has 0 bridgehead atoms. The highest BCUT2D eigenvalue weighted by Crippen LogP contribution is 2.16. The van der Waals surface area contributed by atoms with Crippen molar-refractivity contribution in [3.05, 3.63) is 0 Å². The second-order valence-corrected chi connectivity index (χ2v) is 5.95. The predicted octanol–water partition coefficient (Wildman–Crippen LogP) is 2.24. The van der Waals surface area contributed by atoms with Crippen LogP contribution in [0.5, 0.6) is 0 Å². The minimum absolute atomic E-state index is 0.0171. The van der Waals surface area contributed by atoms with Crippen LogP contribution in [0.2, 0.25) is 0 Å². The molecule has 0 saturated heterocycles. The number of amides is 1. The van der Waals surface area contributed by atoms with Crippen LogP contribution < -0.4 is 5.32 Å². The number of rotatable bonds is 9. The monoisotopic (exact) mass is 285 g/mol. The molecule has 20 heavy (non-hydrogen) atoms. The van der Waals surface area contributed by atoms with E-state index in [2.05, 4.69) is 5.32 Å². The molecule has 0 rings (SSSR count). The van der Waals surface area contributed by atoms with Crippen molar-refractivity contribution in [2.75, 3.05) is 0 Å². The standard InChI is InChI=1S/C15H27NO4/c1-6-12(14(18)10(4)5)16-13(17)8-11(15(19)20)7-9(2)3/h9-12H,6-8H2,1-5H3,(H,16,17)(H,19,20). The van der Waals surface area contributed by atoms with Gasteiger partial charge in [0.25, 0.3) is 0 Å². The summed E-state index contributed by atoms with van der Waals surface area (Å²) in [4.78, 5) is 34.9. The van der Waals surface area contributed by atoms with Crippen LogP contribution in [-0.4, -0.2) is 28.8 Å². The molecule has 0 aromatic carbocycles. The van der Waals surface area contributed by atoms with Gasteiger partial charge in [0.15, 0.2) is 5.78 Å². The molecule has 116 valence electrons. The molecule has 0 aromatic rings. The van der Waals surface area contributed by atoms with Crippen LogP contribution >= 0.6 is 0 Å². The minimum atomic E-state index is -0.961. The Labute approximate surface area is 121 Å². The van der Waals surface area contributed by atoms with Crippen LogP contribution in [0.4, 0.5) is 0 Å². The summed E-state index contributed by atoms with van der Waals surface area (Å²) in [5.74, 6) is -1.97. The molecule has 0 fully saturated rings. The summed E-state index contributed by atoms with van der Waals surface area (Å²) >= 11 is 0. The van der Waals surface area contributed by atoms with Crippen LogP contribution in [0.3, 0.4) is 0 Å². The van der Waals surface area contributed by atoms with Crippen LogP contribution in [0.15, 0.2) is 0 Å². The zero-order valence-corrected chi connectivity index (χ0v) is 13.1. The Balaban J connectivity index is 4.58. The Morgan fingerprint density at radius 3 is 2.00 bits per heavy atom. The first-order valence-corrected chi connectivity index (χ1v) is 7.24. The fraction of sp³-hybridized carbons (Fsp3) is 0.800. The fourth-order valence-corrected chi connectivity index (χ4v) is 2.09. The van der Waals surface area contributed by atoms with Gasteiger partial charge in [0.05, 0.1) is 12.0 Å². The van der Waals surface area contributed by atoms with E-state index in [-0.39, 0.29) is 29.9 Å². The first kappa shape index (κ1) is 18.6. The van der Waals surface area contributed by atoms with E-state index in [9.17, 15) is 14.4 Å². The highest BCUT2D eigenvalue weighted by atomic mass is 16.4. The average molecular weight is 285 g/mol. The van der Waals surface area contributed by atoms with Crippen molar-refractivity contribution < 1.29 is 19.5 Å². The van der Waals surface area contributed by atoms with Crippen molar-refractivity contribution in [2.24, 2.45) is 17.8 Å². The van der Waals surface area contributed by atoms with Gasteiger partial charge in [0, 0.05) is 12.3 Å². The summed E-state index contributed by atoms with van der Waals surface area (Å²) in [5.41, 5.74) is 0. The molecule has 2 unspecified atom stereocenters. The van der Waals surface area contributed by atoms with Gasteiger partial charge in [-0.2, -0.15) is 0 Å². The van der Waals surface area contributed by atoms with Crippen molar-refractivity contribution in [3.8, 4) is 0 Å². The molecule has 5 heteroatoms. The largest absolute Gasteiger partial charge is 0.481 e. The van der Waals surface area contributed by atoms with Gasteiger partial charge in [0.2, 0.25) is 5.91 Å². The fourth-order valence-electron chi connectivity index (χ4n) is 2.09. The van der Waals surface area contributed by atoms with E-state index in [0.29, 0.717) is 12.8 Å². The van der Waals surface area contributed by atoms with E-state index in [1.54, 1.807) is 13.8 Å². The topological polar surface area (TPSA) is 83.5 Å². The third-order valence-corrected chi connectivity index (χ3v) is 3.19. The lowest BCUT2D eigenvalue weighted by Gasteiger charge is -2.20. The van der Waals surface area contributed by atoms with Gasteiger partial charge in [-0.05, 0) is 18.8 Å². The molecule has 2 atom stereocenters. The van der Waals surface area contributed by atoms with Gasteiger partial charge in [-0.15, -0.1) is 0 Å². The third kappa shape index (κ3) is 6.68. The molecule has 0 aliphatic carbocycles. The Morgan fingerprint density at radius 2 is 1.65 bits per heavy atom. The molecule has 2 N–H and O–H groups in total. The number of nitrogens with one attached hydrogen (secondary N) is 1. The highest BCUT2D eigenvalue weighted by Gasteiger charge is 2.26. The van der Waals surface area contributed by atoms with E-state index in [1.807, 2.05) is 20.8 Å². The number of ketones is 1. The van der Waals surface area contributed by atoms with E-state index >= 15 is 0 Å². The Morgan fingerprint density at radius 1 is 1.10 bits per heavy atom. The number of carboxylic acids is 1. The maximum Gasteiger partial charge on any atom is 0.307 e. The maximum absolute atomic E-state index is 11.9. The number of hydrogen-bond acceptors (Lipinski definition) is 3. The molecule has 0 aliphatic heterocycles. The lowest BCUT2D eigenvalue weighted by atomic mass is 9.93. The summed E-state index contributed by atoms with van der Waals surface area (Å²) in [6, 6.07) is -0.518. The summed E-state index contributed by atoms with van der Waals surface area (Å²) < 4.78 is 0. The minimum Gasteiger partial charge on any atom is -0.481 e. The predicted molar refractivity (Wildman–Crippen MR) is 77.3 cm³/mol. The normalized spacial score (nSPS) is 14.2. The average Bonchev–Trinajstić information content (AvgIpc) is 2.33. The van der Waals surface area contributed by atoms with Crippen molar-refractivity contribution in [1.82, 2.24) is 5.32 Å². The van der Waals surface area contributed by atoms with Crippen molar-refractivity contribution in [1.29, 1.82) is 0 Å². The summed E-state index contributed by atoms with van der Waals surface area (Å²) in [6.45, 7) is 9.25. The van der Waals surface area contributed by atoms with Crippen molar-refractivity contribution in [3.63, 3.8) is 0 Å². The molecule has 0 aromatic heterocycles. The van der Waals surface area contributed by atoms with E-state index < -0.39 is 17.9 Å². The molecule has 0 spiro atoms. The van der Waals surface area contributed by atoms with Crippen LogP contribution in [0.25, 0.3) is 0 Å². The van der Waals surface area contributed by atoms with Crippen LogP contribution in [0.1, 0.15) is 53.9 Å². The zero-order chi connectivity index (χ0) is 15.9. The molecule has 0 heterocycles. The molecule has 5 nitrogen and oxygen atoms in total. The quantitative estimate of drug-likeness (QED) is 0.680. The molecule has 0 radical (unpaired) electrons. The lowest BCUT2D eigenvalue weighted by molar-refractivity contribution is -0.144. The molecular weight excluding hydrogens is 258 g/mol. The first-order chi connectivity index (χ1) is 9.18. The van der Waals surface area contributed by atoms with Crippen LogP contribution in [0, 0.1) is 17.8 Å². The first-order valence-electron chi connectivity index (χ1n) is 7.24. The molecule has 1 amide bonds. The second-order valence-electron chi connectivity index (χ2n) is 5.95. The summed E-state index contributed by atoms with van der Waals surface area (Å²) in [6.07, 6.45) is 0.901. The maximum atomic E-state index is 11.9. The van der Waals surface area contributed by atoms with Gasteiger partial charge in [0.1, 0.15) is 0 Å². The van der Waals surface area contributed by atoms with Gasteiger partial charge in [-0.1, -0.05) is 34.6 Å². The van der Waals surface area contributed by atoms with Gasteiger partial charge in [-0.25, -0.2) is 0 Å². The smallest absolute Gasteiger partial charge is 0.307 e.